The fraction of sp³-hybridized carbons (Fsp3) is 0.333. The summed E-state index contributed by atoms with van der Waals surface area (Å²) in [5.41, 5.74) is 0.808. The van der Waals surface area contributed by atoms with E-state index in [4.69, 9.17) is 9.47 Å². The Morgan fingerprint density at radius 3 is 2.65 bits per heavy atom. The van der Waals surface area contributed by atoms with Gasteiger partial charge in [0.1, 0.15) is 0 Å². The van der Waals surface area contributed by atoms with Gasteiger partial charge in [-0.15, -0.1) is 0 Å². The molecule has 0 unspecified atom stereocenters. The number of hydrogen-bond donors (Lipinski definition) is 0. The molecular formula is C12H13NO4. The Morgan fingerprint density at radius 2 is 2.00 bits per heavy atom. The highest BCUT2D eigenvalue weighted by Gasteiger charge is 2.31. The molecule has 0 saturated carbocycles. The smallest absolute Gasteiger partial charge is 0.246 e. The van der Waals surface area contributed by atoms with Crippen LogP contribution in [0.15, 0.2) is 23.9 Å². The third-order valence-corrected chi connectivity index (χ3v) is 2.34. The van der Waals surface area contributed by atoms with Crippen LogP contribution in [0.2, 0.25) is 0 Å². The molecule has 17 heavy (non-hydrogen) atoms. The van der Waals surface area contributed by atoms with E-state index >= 15 is 0 Å². The van der Waals surface area contributed by atoms with Gasteiger partial charge in [-0.3, -0.25) is 10.1 Å². The van der Waals surface area contributed by atoms with Crippen LogP contribution in [0.5, 0.6) is 11.5 Å². The van der Waals surface area contributed by atoms with Gasteiger partial charge in [0, 0.05) is 26.8 Å². The topological polar surface area (TPSA) is 61.6 Å². The summed E-state index contributed by atoms with van der Waals surface area (Å²) >= 11 is 0. The average molecular weight is 235 g/mol. The van der Waals surface area contributed by atoms with Crippen LogP contribution < -0.4 is 9.47 Å². The Labute approximate surface area is 98.8 Å². The normalized spacial score (nSPS) is 17.0. The lowest BCUT2D eigenvalue weighted by Crippen LogP contribution is -2.29. The summed E-state index contributed by atoms with van der Waals surface area (Å²) in [6, 6.07) is 5.25. The zero-order valence-corrected chi connectivity index (χ0v) is 9.89. The lowest BCUT2D eigenvalue weighted by Gasteiger charge is -2.16. The molecule has 2 rings (SSSR count). The fourth-order valence-corrected chi connectivity index (χ4v) is 1.62. The highest BCUT2D eigenvalue weighted by Crippen LogP contribution is 2.39. The van der Waals surface area contributed by atoms with E-state index in [1.54, 1.807) is 18.2 Å². The molecule has 0 aliphatic carbocycles. The molecule has 1 aromatic carbocycles. The Hall–Kier alpha value is -2.04. The molecule has 0 atom stereocenters. The number of hydrogen-bond acceptors (Lipinski definition) is 4. The molecule has 1 heterocycles. The second kappa shape index (κ2) is 3.76. The van der Waals surface area contributed by atoms with Crippen LogP contribution in [0.4, 0.5) is 0 Å². The second-order valence-corrected chi connectivity index (χ2v) is 4.35. The van der Waals surface area contributed by atoms with Crippen LogP contribution in [0.25, 0.3) is 6.08 Å². The van der Waals surface area contributed by atoms with Gasteiger partial charge < -0.3 is 9.47 Å². The molecule has 1 aliphatic rings. The van der Waals surface area contributed by atoms with Crippen molar-refractivity contribution in [3.8, 4) is 11.5 Å². The van der Waals surface area contributed by atoms with Crippen LogP contribution in [0, 0.1) is 10.1 Å². The number of fused-ring (bicyclic) bond motifs is 1. The zero-order chi connectivity index (χ0) is 12.6. The number of nitrogens with zero attached hydrogens (tertiary/aromatic N) is 1. The molecule has 0 aromatic heterocycles. The van der Waals surface area contributed by atoms with Crippen LogP contribution in [0.1, 0.15) is 26.3 Å². The van der Waals surface area contributed by atoms with Gasteiger partial charge in [0.05, 0.1) is 4.92 Å². The van der Waals surface area contributed by atoms with Crippen molar-refractivity contribution in [2.75, 3.05) is 0 Å². The predicted molar refractivity (Wildman–Crippen MR) is 62.4 cm³/mol. The molecule has 1 aliphatic heterocycles. The molecule has 0 bridgehead atoms. The van der Waals surface area contributed by atoms with Crippen molar-refractivity contribution in [2.45, 2.75) is 26.6 Å². The predicted octanol–water partition coefficient (Wildman–Crippen LogP) is 2.83. The Kier molecular flexibility index (Phi) is 2.53. The Bertz CT molecular complexity index is 505. The molecule has 0 radical (unpaired) electrons. The number of benzene rings is 1. The molecule has 0 spiro atoms. The monoisotopic (exact) mass is 235 g/mol. The first-order chi connectivity index (χ1) is 7.87. The molecule has 0 fully saturated rings. The third-order valence-electron chi connectivity index (χ3n) is 2.34. The second-order valence-electron chi connectivity index (χ2n) is 4.35. The molecule has 1 aromatic rings. The van der Waals surface area contributed by atoms with Crippen molar-refractivity contribution in [1.82, 2.24) is 0 Å². The number of allylic oxidation sites excluding steroid dienone is 1. The van der Waals surface area contributed by atoms with E-state index < -0.39 is 10.7 Å². The molecule has 5 heteroatoms. The van der Waals surface area contributed by atoms with Gasteiger partial charge in [-0.25, -0.2) is 0 Å². The minimum Gasteiger partial charge on any atom is -0.449 e. The van der Waals surface area contributed by atoms with E-state index in [0.717, 1.165) is 5.56 Å². The summed E-state index contributed by atoms with van der Waals surface area (Å²) in [5.74, 6) is 0.592. The maximum absolute atomic E-state index is 10.5. The van der Waals surface area contributed by atoms with Crippen LogP contribution in [-0.4, -0.2) is 10.7 Å². The summed E-state index contributed by atoms with van der Waals surface area (Å²) < 4.78 is 11.1. The van der Waals surface area contributed by atoms with Gasteiger partial charge in [0.2, 0.25) is 11.5 Å². The quantitative estimate of drug-likeness (QED) is 0.584. The lowest BCUT2D eigenvalue weighted by molar-refractivity contribution is -0.422. The highest BCUT2D eigenvalue weighted by molar-refractivity contribution is 5.57. The van der Waals surface area contributed by atoms with E-state index in [1.165, 1.54) is 13.0 Å². The molecule has 0 saturated heterocycles. The van der Waals surface area contributed by atoms with Gasteiger partial charge in [-0.2, -0.15) is 0 Å². The fourth-order valence-electron chi connectivity index (χ4n) is 1.62. The van der Waals surface area contributed by atoms with Crippen molar-refractivity contribution in [3.05, 3.63) is 39.6 Å². The number of rotatable bonds is 2. The average Bonchev–Trinajstić information content (AvgIpc) is 2.50. The first kappa shape index (κ1) is 11.4. The van der Waals surface area contributed by atoms with Crippen LogP contribution >= 0.6 is 0 Å². The molecule has 0 amide bonds. The van der Waals surface area contributed by atoms with E-state index in [2.05, 4.69) is 0 Å². The van der Waals surface area contributed by atoms with Gasteiger partial charge in [-0.1, -0.05) is 6.07 Å². The molecule has 0 N–H and O–H groups in total. The van der Waals surface area contributed by atoms with E-state index in [9.17, 15) is 10.1 Å². The third kappa shape index (κ3) is 2.38. The van der Waals surface area contributed by atoms with Crippen LogP contribution in [0.3, 0.4) is 0 Å². The van der Waals surface area contributed by atoms with Gasteiger partial charge in [0.25, 0.3) is 0 Å². The lowest BCUT2D eigenvalue weighted by atomic mass is 10.2. The van der Waals surface area contributed by atoms with Crippen molar-refractivity contribution >= 4 is 6.08 Å². The van der Waals surface area contributed by atoms with Crippen molar-refractivity contribution in [1.29, 1.82) is 0 Å². The van der Waals surface area contributed by atoms with E-state index in [-0.39, 0.29) is 5.70 Å². The Balaban J connectivity index is 2.31. The van der Waals surface area contributed by atoms with Gasteiger partial charge in [0.15, 0.2) is 11.5 Å². The molecule has 90 valence electrons. The molecular weight excluding hydrogens is 222 g/mol. The standard InChI is InChI=1S/C12H13NO4/c1-8(13(14)15)6-9-4-5-10-11(7-9)17-12(2,3)16-10/h4-7H,1-3H3/b8-6+. The minimum atomic E-state index is -0.678. The van der Waals surface area contributed by atoms with Crippen LogP contribution in [-0.2, 0) is 0 Å². The minimum absolute atomic E-state index is 0.0862. The Morgan fingerprint density at radius 1 is 1.35 bits per heavy atom. The van der Waals surface area contributed by atoms with Crippen molar-refractivity contribution in [3.63, 3.8) is 0 Å². The SMILES string of the molecule is C/C(=C\c1ccc2c(c1)OC(C)(C)O2)[N+](=O)[O-]. The van der Waals surface area contributed by atoms with Gasteiger partial charge in [-0.05, 0) is 17.7 Å². The van der Waals surface area contributed by atoms with Gasteiger partial charge >= 0.3 is 0 Å². The first-order valence-electron chi connectivity index (χ1n) is 5.22. The summed E-state index contributed by atoms with van der Waals surface area (Å²) in [6.45, 7) is 5.07. The first-order valence-corrected chi connectivity index (χ1v) is 5.22. The highest BCUT2D eigenvalue weighted by atomic mass is 16.7. The maximum Gasteiger partial charge on any atom is 0.246 e. The summed E-state index contributed by atoms with van der Waals surface area (Å²) in [5, 5.41) is 10.5. The van der Waals surface area contributed by atoms with E-state index in [0.29, 0.717) is 11.5 Å². The van der Waals surface area contributed by atoms with Crippen molar-refractivity contribution in [2.24, 2.45) is 0 Å². The molecule has 5 nitrogen and oxygen atoms in total. The number of nitro groups is 1. The van der Waals surface area contributed by atoms with Crippen molar-refractivity contribution < 1.29 is 14.4 Å². The zero-order valence-electron chi connectivity index (χ0n) is 9.89. The largest absolute Gasteiger partial charge is 0.449 e. The maximum atomic E-state index is 10.5. The number of ether oxygens (including phenoxy) is 2. The summed E-state index contributed by atoms with van der Waals surface area (Å²) in [6.07, 6.45) is 1.50. The summed E-state index contributed by atoms with van der Waals surface area (Å²) in [4.78, 5) is 10.1. The summed E-state index contributed by atoms with van der Waals surface area (Å²) in [7, 11) is 0. The van der Waals surface area contributed by atoms with E-state index in [1.807, 2.05) is 13.8 Å².